The largest absolute Gasteiger partial charge is 0.289 e. The molecule has 94 valence electrons. The number of aryl methyl sites for hydroxylation is 1. The molecule has 0 bridgehead atoms. The molecular formula is C17H13FO. The Morgan fingerprint density at radius 1 is 1.11 bits per heavy atom. The van der Waals surface area contributed by atoms with E-state index in [0.717, 1.165) is 27.8 Å². The third-order valence-electron chi connectivity index (χ3n) is 3.47. The molecule has 0 radical (unpaired) electrons. The lowest BCUT2D eigenvalue weighted by Gasteiger charge is -1.99. The molecule has 1 aliphatic carbocycles. The number of benzene rings is 2. The van der Waals surface area contributed by atoms with E-state index >= 15 is 0 Å². The van der Waals surface area contributed by atoms with Crippen LogP contribution in [0, 0.1) is 12.7 Å². The van der Waals surface area contributed by atoms with E-state index in [1.165, 1.54) is 12.1 Å². The minimum Gasteiger partial charge on any atom is -0.289 e. The molecule has 3 rings (SSSR count). The smallest absolute Gasteiger partial charge is 0.189 e. The highest BCUT2D eigenvalue weighted by Crippen LogP contribution is 2.29. The van der Waals surface area contributed by atoms with Gasteiger partial charge in [0.1, 0.15) is 5.82 Å². The van der Waals surface area contributed by atoms with E-state index in [0.29, 0.717) is 6.42 Å². The van der Waals surface area contributed by atoms with Crippen LogP contribution < -0.4 is 0 Å². The number of ketones is 1. The molecule has 0 aliphatic heterocycles. The zero-order chi connectivity index (χ0) is 13.4. The first kappa shape index (κ1) is 11.8. The summed E-state index contributed by atoms with van der Waals surface area (Å²) in [6.45, 7) is 1.96. The van der Waals surface area contributed by atoms with Crippen LogP contribution in [0.25, 0.3) is 6.08 Å². The van der Waals surface area contributed by atoms with Gasteiger partial charge in [-0.05, 0) is 41.8 Å². The van der Waals surface area contributed by atoms with E-state index < -0.39 is 0 Å². The minimum atomic E-state index is -0.265. The lowest BCUT2D eigenvalue weighted by molar-refractivity contribution is 0.104. The summed E-state index contributed by atoms with van der Waals surface area (Å²) in [5.41, 5.74) is 4.56. The zero-order valence-electron chi connectivity index (χ0n) is 10.6. The quantitative estimate of drug-likeness (QED) is 0.702. The number of carbonyl (C=O) groups excluding carboxylic acids is 1. The van der Waals surface area contributed by atoms with Gasteiger partial charge in [0.15, 0.2) is 5.78 Å². The van der Waals surface area contributed by atoms with Crippen LogP contribution in [0.15, 0.2) is 48.0 Å². The highest BCUT2D eigenvalue weighted by Gasteiger charge is 2.25. The number of fused-ring (bicyclic) bond motifs is 1. The average molecular weight is 252 g/mol. The predicted octanol–water partition coefficient (Wildman–Crippen LogP) is 3.96. The van der Waals surface area contributed by atoms with Crippen molar-refractivity contribution in [2.45, 2.75) is 13.3 Å². The van der Waals surface area contributed by atoms with Crippen molar-refractivity contribution in [2.75, 3.05) is 0 Å². The number of rotatable bonds is 1. The molecule has 2 heteroatoms. The molecule has 1 aliphatic rings. The fraction of sp³-hybridized carbons (Fsp3) is 0.118. The van der Waals surface area contributed by atoms with Gasteiger partial charge in [-0.2, -0.15) is 0 Å². The van der Waals surface area contributed by atoms with Crippen molar-refractivity contribution in [3.05, 3.63) is 76.1 Å². The Hall–Kier alpha value is -2.22. The van der Waals surface area contributed by atoms with Crippen LogP contribution in [0.5, 0.6) is 0 Å². The molecule has 0 heterocycles. The Morgan fingerprint density at radius 3 is 2.53 bits per heavy atom. The van der Waals surface area contributed by atoms with Gasteiger partial charge in [-0.15, -0.1) is 0 Å². The van der Waals surface area contributed by atoms with Gasteiger partial charge in [-0.25, -0.2) is 4.39 Å². The third kappa shape index (κ3) is 2.10. The predicted molar refractivity (Wildman–Crippen MR) is 73.6 cm³/mol. The van der Waals surface area contributed by atoms with Crippen LogP contribution in [0.1, 0.15) is 27.0 Å². The SMILES string of the molecule is Cc1cccc2c1C(=O)/C(=C\c1ccc(F)cc1)C2. The molecule has 0 aromatic heterocycles. The Labute approximate surface area is 111 Å². The Morgan fingerprint density at radius 2 is 1.84 bits per heavy atom. The second kappa shape index (κ2) is 4.47. The van der Waals surface area contributed by atoms with Crippen LogP contribution in [0.3, 0.4) is 0 Å². The summed E-state index contributed by atoms with van der Waals surface area (Å²) in [6.07, 6.45) is 2.51. The van der Waals surface area contributed by atoms with Gasteiger partial charge in [0.25, 0.3) is 0 Å². The maximum atomic E-state index is 12.9. The third-order valence-corrected chi connectivity index (χ3v) is 3.47. The lowest BCUT2D eigenvalue weighted by Crippen LogP contribution is -1.97. The van der Waals surface area contributed by atoms with E-state index in [4.69, 9.17) is 0 Å². The fourth-order valence-corrected chi connectivity index (χ4v) is 2.52. The highest BCUT2D eigenvalue weighted by molar-refractivity contribution is 6.16. The van der Waals surface area contributed by atoms with E-state index in [1.807, 2.05) is 31.2 Å². The Bertz CT molecular complexity index is 681. The molecule has 2 aromatic carbocycles. The molecule has 0 N–H and O–H groups in total. The molecule has 0 saturated carbocycles. The lowest BCUT2D eigenvalue weighted by atomic mass is 10.0. The number of hydrogen-bond donors (Lipinski definition) is 0. The van der Waals surface area contributed by atoms with Gasteiger partial charge in [-0.1, -0.05) is 30.3 Å². The van der Waals surface area contributed by atoms with Gasteiger partial charge in [-0.3, -0.25) is 4.79 Å². The van der Waals surface area contributed by atoms with E-state index in [-0.39, 0.29) is 11.6 Å². The maximum Gasteiger partial charge on any atom is 0.189 e. The number of carbonyl (C=O) groups is 1. The summed E-state index contributed by atoms with van der Waals surface area (Å²) in [5, 5.41) is 0. The summed E-state index contributed by atoms with van der Waals surface area (Å²) in [7, 11) is 0. The van der Waals surface area contributed by atoms with Gasteiger partial charge in [0.2, 0.25) is 0 Å². The van der Waals surface area contributed by atoms with Crippen molar-refractivity contribution in [1.29, 1.82) is 0 Å². The van der Waals surface area contributed by atoms with Crippen LogP contribution in [0.2, 0.25) is 0 Å². The first-order chi connectivity index (χ1) is 9.15. The van der Waals surface area contributed by atoms with E-state index in [1.54, 1.807) is 12.1 Å². The average Bonchev–Trinajstić information content (AvgIpc) is 2.71. The summed E-state index contributed by atoms with van der Waals surface area (Å²) in [5.74, 6) is -0.170. The second-order valence-corrected chi connectivity index (χ2v) is 4.84. The van der Waals surface area contributed by atoms with Gasteiger partial charge < -0.3 is 0 Å². The van der Waals surface area contributed by atoms with Crippen molar-refractivity contribution >= 4 is 11.9 Å². The molecule has 0 spiro atoms. The molecule has 1 nitrogen and oxygen atoms in total. The second-order valence-electron chi connectivity index (χ2n) is 4.84. The summed E-state index contributed by atoms with van der Waals surface area (Å²) >= 11 is 0. The van der Waals surface area contributed by atoms with Crippen molar-refractivity contribution in [1.82, 2.24) is 0 Å². The Balaban J connectivity index is 2.00. The number of Topliss-reactive ketones (excluding diaryl/α,β-unsaturated/α-hetero) is 1. The fourth-order valence-electron chi connectivity index (χ4n) is 2.52. The van der Waals surface area contributed by atoms with Gasteiger partial charge >= 0.3 is 0 Å². The molecule has 2 aromatic rings. The summed E-state index contributed by atoms with van der Waals surface area (Å²) in [4.78, 5) is 12.3. The van der Waals surface area contributed by atoms with Gasteiger partial charge in [0.05, 0.1) is 0 Å². The highest BCUT2D eigenvalue weighted by atomic mass is 19.1. The van der Waals surface area contributed by atoms with Crippen molar-refractivity contribution in [3.8, 4) is 0 Å². The van der Waals surface area contributed by atoms with Crippen LogP contribution in [-0.4, -0.2) is 5.78 Å². The van der Waals surface area contributed by atoms with E-state index in [9.17, 15) is 9.18 Å². The standard InChI is InChI=1S/C17H13FO/c1-11-3-2-4-13-10-14(17(19)16(11)13)9-12-5-7-15(18)8-6-12/h2-9H,10H2,1H3/b14-9-. The molecule has 0 fully saturated rings. The first-order valence-electron chi connectivity index (χ1n) is 6.24. The van der Waals surface area contributed by atoms with E-state index in [2.05, 4.69) is 0 Å². The first-order valence-corrected chi connectivity index (χ1v) is 6.24. The number of allylic oxidation sites excluding steroid dienone is 1. The van der Waals surface area contributed by atoms with Crippen molar-refractivity contribution in [2.24, 2.45) is 0 Å². The van der Waals surface area contributed by atoms with Crippen molar-refractivity contribution < 1.29 is 9.18 Å². The van der Waals surface area contributed by atoms with Crippen LogP contribution in [-0.2, 0) is 6.42 Å². The zero-order valence-corrected chi connectivity index (χ0v) is 10.6. The van der Waals surface area contributed by atoms with Crippen LogP contribution >= 0.6 is 0 Å². The van der Waals surface area contributed by atoms with Crippen molar-refractivity contribution in [3.63, 3.8) is 0 Å². The summed E-state index contributed by atoms with van der Waals surface area (Å²) in [6, 6.07) is 12.1. The molecular weight excluding hydrogens is 239 g/mol. The number of halogens is 1. The van der Waals surface area contributed by atoms with Crippen LogP contribution in [0.4, 0.5) is 4.39 Å². The Kier molecular flexibility index (Phi) is 2.79. The normalized spacial score (nSPS) is 15.9. The summed E-state index contributed by atoms with van der Waals surface area (Å²) < 4.78 is 12.9. The number of hydrogen-bond acceptors (Lipinski definition) is 1. The topological polar surface area (TPSA) is 17.1 Å². The monoisotopic (exact) mass is 252 g/mol. The minimum absolute atomic E-state index is 0.0948. The molecule has 0 saturated heterocycles. The van der Waals surface area contributed by atoms with Gasteiger partial charge in [0, 0.05) is 17.6 Å². The molecule has 0 amide bonds. The maximum absolute atomic E-state index is 12.9. The molecule has 0 atom stereocenters. The molecule has 19 heavy (non-hydrogen) atoms. The molecule has 0 unspecified atom stereocenters.